The number of nitrogens with one attached hydrogen (secondary N) is 2. The van der Waals surface area contributed by atoms with Crippen molar-refractivity contribution in [2.24, 2.45) is 0 Å². The van der Waals surface area contributed by atoms with Gasteiger partial charge in [-0.1, -0.05) is 18.2 Å². The van der Waals surface area contributed by atoms with E-state index in [1.165, 1.54) is 0 Å². The monoisotopic (exact) mass is 313 g/mol. The molecule has 2 aromatic carbocycles. The Balaban J connectivity index is 2.36. The summed E-state index contributed by atoms with van der Waals surface area (Å²) < 4.78 is 11.0. The second kappa shape index (κ2) is 7.93. The molecule has 2 rings (SSSR count). The molecule has 2 N–H and O–H groups in total. The van der Waals surface area contributed by atoms with Crippen LogP contribution in [0.5, 0.6) is 11.5 Å². The summed E-state index contributed by atoms with van der Waals surface area (Å²) in [6.45, 7) is 4.52. The maximum Gasteiger partial charge on any atom is 0.255 e. The lowest BCUT2D eigenvalue weighted by Gasteiger charge is -2.14. The molecular weight excluding hydrogens is 294 g/mol. The number of benzene rings is 2. The molecule has 6 nitrogen and oxygen atoms in total. The highest BCUT2D eigenvalue weighted by molar-refractivity contribution is 6.05. The Bertz CT molecular complexity index is 687. The van der Waals surface area contributed by atoms with Gasteiger partial charge in [0.25, 0.3) is 5.91 Å². The van der Waals surface area contributed by atoms with Gasteiger partial charge in [0.05, 0.1) is 25.0 Å². The van der Waals surface area contributed by atoms with Crippen molar-refractivity contribution >= 4 is 17.3 Å². The Labute approximate surface area is 134 Å². The number of hydrogen-bond donors (Lipinski definition) is 2. The quantitative estimate of drug-likeness (QED) is 0.770. The van der Waals surface area contributed by atoms with Gasteiger partial charge in [-0.25, -0.2) is 0 Å². The van der Waals surface area contributed by atoms with Crippen LogP contribution in [0, 0.1) is 0 Å². The van der Waals surface area contributed by atoms with E-state index in [9.17, 15) is 10.3 Å². The lowest BCUT2D eigenvalue weighted by atomic mass is 10.2. The molecule has 0 aromatic heterocycles. The fourth-order valence-corrected chi connectivity index (χ4v) is 2.08. The first-order valence-electron chi connectivity index (χ1n) is 7.39. The molecule has 0 radical (unpaired) electrons. The van der Waals surface area contributed by atoms with E-state index >= 15 is 0 Å². The standard InChI is InChI=1S/C17H19N3O3/c1-3-22-15-11-14(20-18)16(23-4-2)10-13(15)19-17(21)12-8-6-5-7-9-12/h5-11,20H,3-4H2,1-2H3,(H,19,21). The SMILES string of the molecule is CCOc1cc([NH+]=[N-])c(OCC)cc1NC(=O)c1ccccc1. The first-order chi connectivity index (χ1) is 11.2. The van der Waals surface area contributed by atoms with E-state index in [4.69, 9.17) is 9.47 Å². The molecule has 0 unspecified atom stereocenters. The van der Waals surface area contributed by atoms with Crippen LogP contribution in [0.1, 0.15) is 24.2 Å². The van der Waals surface area contributed by atoms with E-state index in [2.05, 4.69) is 10.4 Å². The van der Waals surface area contributed by atoms with Crippen molar-refractivity contribution in [1.82, 2.24) is 0 Å². The van der Waals surface area contributed by atoms with Gasteiger partial charge in [-0.05, 0) is 26.0 Å². The van der Waals surface area contributed by atoms with Crippen LogP contribution < -0.4 is 19.9 Å². The molecule has 0 bridgehead atoms. The van der Waals surface area contributed by atoms with Gasteiger partial charge in [-0.3, -0.25) is 9.91 Å². The Morgan fingerprint density at radius 1 is 1.09 bits per heavy atom. The minimum absolute atomic E-state index is 0.251. The maximum atomic E-state index is 12.3. The molecular formula is C17H19N3O3. The summed E-state index contributed by atoms with van der Waals surface area (Å²) in [7, 11) is 0. The van der Waals surface area contributed by atoms with Crippen molar-refractivity contribution in [2.45, 2.75) is 13.8 Å². The topological polar surface area (TPSA) is 83.8 Å². The number of hydrogen-bond acceptors (Lipinski definition) is 3. The van der Waals surface area contributed by atoms with Crippen LogP contribution in [0.15, 0.2) is 42.5 Å². The average Bonchev–Trinajstić information content (AvgIpc) is 2.58. The average molecular weight is 313 g/mol. The Kier molecular flexibility index (Phi) is 5.68. The maximum absolute atomic E-state index is 12.3. The van der Waals surface area contributed by atoms with Crippen LogP contribution in [-0.4, -0.2) is 19.1 Å². The Morgan fingerprint density at radius 3 is 2.35 bits per heavy atom. The molecule has 0 fully saturated rings. The highest BCUT2D eigenvalue weighted by Crippen LogP contribution is 2.34. The minimum Gasteiger partial charge on any atom is -0.502 e. The second-order valence-corrected chi connectivity index (χ2v) is 4.64. The van der Waals surface area contributed by atoms with Crippen molar-refractivity contribution in [3.05, 3.63) is 53.6 Å². The number of carbonyl (C=O) groups excluding carboxylic acids is 1. The van der Waals surface area contributed by atoms with Gasteiger partial charge in [0.15, 0.2) is 5.75 Å². The van der Waals surface area contributed by atoms with Crippen molar-refractivity contribution in [3.63, 3.8) is 0 Å². The van der Waals surface area contributed by atoms with E-state index in [1.807, 2.05) is 19.9 Å². The van der Waals surface area contributed by atoms with Gasteiger partial charge in [0.1, 0.15) is 5.75 Å². The van der Waals surface area contributed by atoms with Gasteiger partial charge >= 0.3 is 0 Å². The molecule has 0 atom stereocenters. The van der Waals surface area contributed by atoms with Gasteiger partial charge in [-0.2, -0.15) is 0 Å². The van der Waals surface area contributed by atoms with Crippen LogP contribution in [-0.2, 0) is 0 Å². The van der Waals surface area contributed by atoms with E-state index < -0.39 is 0 Å². The third-order valence-electron chi connectivity index (χ3n) is 3.09. The largest absolute Gasteiger partial charge is 0.502 e. The number of nitrogens with zero attached hydrogens (tertiary/aromatic N) is 1. The van der Waals surface area contributed by atoms with Crippen molar-refractivity contribution in [2.75, 3.05) is 18.5 Å². The van der Waals surface area contributed by atoms with E-state index in [0.717, 1.165) is 0 Å². The third kappa shape index (κ3) is 4.06. The number of amides is 1. The minimum atomic E-state index is -0.251. The van der Waals surface area contributed by atoms with Crippen LogP contribution in [0.3, 0.4) is 0 Å². The van der Waals surface area contributed by atoms with Crippen LogP contribution in [0.25, 0.3) is 5.53 Å². The van der Waals surface area contributed by atoms with Gasteiger partial charge in [0, 0.05) is 11.6 Å². The molecule has 0 heterocycles. The van der Waals surface area contributed by atoms with Gasteiger partial charge in [0.2, 0.25) is 5.69 Å². The van der Waals surface area contributed by atoms with Crippen molar-refractivity contribution in [1.29, 1.82) is 0 Å². The predicted octanol–water partition coefficient (Wildman–Crippen LogP) is 2.47. The van der Waals surface area contributed by atoms with Gasteiger partial charge < -0.3 is 20.3 Å². The lowest BCUT2D eigenvalue weighted by molar-refractivity contribution is -0.380. The first-order valence-corrected chi connectivity index (χ1v) is 7.39. The fourth-order valence-electron chi connectivity index (χ4n) is 2.08. The molecule has 0 saturated carbocycles. The summed E-state index contributed by atoms with van der Waals surface area (Å²) in [5.41, 5.74) is 10.6. The predicted molar refractivity (Wildman–Crippen MR) is 87.2 cm³/mol. The summed E-state index contributed by atoms with van der Waals surface area (Å²) in [6.07, 6.45) is 0. The molecule has 0 saturated heterocycles. The molecule has 0 aliphatic rings. The molecule has 23 heavy (non-hydrogen) atoms. The number of carbonyl (C=O) groups is 1. The van der Waals surface area contributed by atoms with Crippen molar-refractivity contribution < 1.29 is 19.4 Å². The number of anilines is 1. The van der Waals surface area contributed by atoms with E-state index in [1.54, 1.807) is 36.4 Å². The lowest BCUT2D eigenvalue weighted by Crippen LogP contribution is -2.54. The molecule has 6 heteroatoms. The molecule has 0 aliphatic carbocycles. The van der Waals surface area contributed by atoms with Crippen LogP contribution in [0.2, 0.25) is 0 Å². The molecule has 1 amide bonds. The Hall–Kier alpha value is -2.89. The normalized spacial score (nSPS) is 10.0. The highest BCUT2D eigenvalue weighted by Gasteiger charge is 2.16. The summed E-state index contributed by atoms with van der Waals surface area (Å²) in [5, 5.41) is 4.88. The Morgan fingerprint density at radius 2 is 1.74 bits per heavy atom. The zero-order valence-corrected chi connectivity index (χ0v) is 13.1. The fraction of sp³-hybridized carbons (Fsp3) is 0.235. The molecule has 120 valence electrons. The van der Waals surface area contributed by atoms with Crippen molar-refractivity contribution in [3.8, 4) is 11.5 Å². The zero-order chi connectivity index (χ0) is 16.7. The van der Waals surface area contributed by atoms with E-state index in [-0.39, 0.29) is 5.91 Å². The molecule has 2 aromatic rings. The highest BCUT2D eigenvalue weighted by atomic mass is 16.5. The summed E-state index contributed by atoms with van der Waals surface area (Å²) >= 11 is 0. The summed E-state index contributed by atoms with van der Waals surface area (Å²) in [6, 6.07) is 12.1. The molecule has 0 aliphatic heterocycles. The second-order valence-electron chi connectivity index (χ2n) is 4.64. The number of rotatable bonds is 7. The summed E-state index contributed by atoms with van der Waals surface area (Å²) in [5.74, 6) is 0.609. The first kappa shape index (κ1) is 16.5. The summed E-state index contributed by atoms with van der Waals surface area (Å²) in [4.78, 5) is 12.3. The van der Waals surface area contributed by atoms with Crippen LogP contribution in [0.4, 0.5) is 11.4 Å². The van der Waals surface area contributed by atoms with E-state index in [0.29, 0.717) is 41.7 Å². The number of ether oxygens (including phenoxy) is 2. The van der Waals surface area contributed by atoms with Crippen LogP contribution >= 0.6 is 0 Å². The third-order valence-corrected chi connectivity index (χ3v) is 3.09. The van der Waals surface area contributed by atoms with Gasteiger partial charge in [-0.15, -0.1) is 0 Å². The molecule has 0 spiro atoms. The zero-order valence-electron chi connectivity index (χ0n) is 13.1. The smallest absolute Gasteiger partial charge is 0.255 e.